The van der Waals surface area contributed by atoms with Crippen LogP contribution in [-0.2, 0) is 6.42 Å². The Morgan fingerprint density at radius 3 is 2.83 bits per heavy atom. The van der Waals surface area contributed by atoms with Crippen LogP contribution in [0, 0.1) is 0 Å². The van der Waals surface area contributed by atoms with Gasteiger partial charge in [-0.1, -0.05) is 37.3 Å². The zero-order valence-corrected chi connectivity index (χ0v) is 10.4. The molecule has 3 rings (SSSR count). The monoisotopic (exact) mass is 245 g/mol. The van der Waals surface area contributed by atoms with E-state index in [1.165, 1.54) is 0 Å². The summed E-state index contributed by atoms with van der Waals surface area (Å²) in [7, 11) is 0. The van der Waals surface area contributed by atoms with E-state index in [1.807, 2.05) is 30.3 Å². The first-order valence-electron chi connectivity index (χ1n) is 6.44. The molecular formula is C14H16FN3. The molecule has 0 fully saturated rings. The highest BCUT2D eigenvalue weighted by Crippen LogP contribution is 2.39. The second-order valence-electron chi connectivity index (χ2n) is 4.71. The van der Waals surface area contributed by atoms with E-state index in [0.717, 1.165) is 24.2 Å². The summed E-state index contributed by atoms with van der Waals surface area (Å²) < 4.78 is 15.8. The molecule has 0 spiro atoms. The lowest BCUT2D eigenvalue weighted by Crippen LogP contribution is -2.07. The van der Waals surface area contributed by atoms with Gasteiger partial charge in [-0.05, 0) is 12.0 Å². The predicted octanol–water partition coefficient (Wildman–Crippen LogP) is 3.23. The highest BCUT2D eigenvalue weighted by Gasteiger charge is 2.34. The maximum absolute atomic E-state index is 14.0. The molecule has 0 saturated heterocycles. The third-order valence-corrected chi connectivity index (χ3v) is 3.37. The molecule has 0 saturated carbocycles. The standard InChI is InChI=1S/C14H16FN3/c1-2-6-13-16-14-11(15)9-12(18(14)17-13)10-7-4-3-5-8-10/h3-5,7-8,11-12H,2,6,9H2,1H3. The van der Waals surface area contributed by atoms with Crippen molar-refractivity contribution >= 4 is 0 Å². The second kappa shape index (κ2) is 4.52. The van der Waals surface area contributed by atoms with Crippen LogP contribution in [0.5, 0.6) is 0 Å². The Labute approximate surface area is 106 Å². The van der Waals surface area contributed by atoms with E-state index in [0.29, 0.717) is 12.2 Å². The molecule has 2 atom stereocenters. The van der Waals surface area contributed by atoms with E-state index in [9.17, 15) is 4.39 Å². The van der Waals surface area contributed by atoms with Crippen LogP contribution in [-0.4, -0.2) is 14.8 Å². The first-order chi connectivity index (χ1) is 8.79. The van der Waals surface area contributed by atoms with Crippen molar-refractivity contribution in [3.05, 3.63) is 47.5 Å². The molecule has 1 aliphatic heterocycles. The van der Waals surface area contributed by atoms with E-state index < -0.39 is 6.17 Å². The minimum Gasteiger partial charge on any atom is -0.239 e. The van der Waals surface area contributed by atoms with Gasteiger partial charge in [0, 0.05) is 12.8 Å². The number of rotatable bonds is 3. The Hall–Kier alpha value is -1.71. The SMILES string of the molecule is CCCc1nc2n(n1)C(c1ccccc1)CC2F. The lowest BCUT2D eigenvalue weighted by atomic mass is 10.0. The molecule has 4 heteroatoms. The number of aryl methyl sites for hydroxylation is 1. The zero-order chi connectivity index (χ0) is 12.5. The zero-order valence-electron chi connectivity index (χ0n) is 10.4. The summed E-state index contributed by atoms with van der Waals surface area (Å²) in [6, 6.07) is 9.96. The number of hydrogen-bond donors (Lipinski definition) is 0. The minimum atomic E-state index is -0.992. The molecule has 2 aromatic rings. The second-order valence-corrected chi connectivity index (χ2v) is 4.71. The highest BCUT2D eigenvalue weighted by molar-refractivity contribution is 5.23. The van der Waals surface area contributed by atoms with Crippen LogP contribution in [0.3, 0.4) is 0 Å². The van der Waals surface area contributed by atoms with Crippen LogP contribution < -0.4 is 0 Å². The number of halogens is 1. The van der Waals surface area contributed by atoms with Gasteiger partial charge in [0.15, 0.2) is 17.8 Å². The molecule has 1 aromatic carbocycles. The molecule has 0 amide bonds. The summed E-state index contributed by atoms with van der Waals surface area (Å²) in [5.41, 5.74) is 1.10. The first kappa shape index (κ1) is 11.4. The van der Waals surface area contributed by atoms with Crippen LogP contribution in [0.15, 0.2) is 30.3 Å². The third-order valence-electron chi connectivity index (χ3n) is 3.37. The maximum Gasteiger partial charge on any atom is 0.162 e. The molecule has 1 aromatic heterocycles. The third kappa shape index (κ3) is 1.82. The Kier molecular flexibility index (Phi) is 2.86. The molecule has 0 radical (unpaired) electrons. The van der Waals surface area contributed by atoms with Crippen LogP contribution in [0.4, 0.5) is 4.39 Å². The van der Waals surface area contributed by atoms with Crippen molar-refractivity contribution in [1.29, 1.82) is 0 Å². The number of nitrogens with zero attached hydrogens (tertiary/aromatic N) is 3. The molecule has 18 heavy (non-hydrogen) atoms. The van der Waals surface area contributed by atoms with Gasteiger partial charge in [0.25, 0.3) is 0 Å². The molecule has 94 valence electrons. The number of hydrogen-bond acceptors (Lipinski definition) is 2. The van der Waals surface area contributed by atoms with Crippen LogP contribution in [0.25, 0.3) is 0 Å². The summed E-state index contributed by atoms with van der Waals surface area (Å²) in [6.45, 7) is 2.08. The van der Waals surface area contributed by atoms with Crippen LogP contribution in [0.1, 0.15) is 49.2 Å². The van der Waals surface area contributed by atoms with Crippen molar-refractivity contribution in [3.8, 4) is 0 Å². The average Bonchev–Trinajstić information content (AvgIpc) is 2.92. The number of benzene rings is 1. The number of aromatic nitrogens is 3. The van der Waals surface area contributed by atoms with Gasteiger partial charge in [-0.2, -0.15) is 5.10 Å². The van der Waals surface area contributed by atoms with E-state index in [2.05, 4.69) is 17.0 Å². The normalized spacial score (nSPS) is 22.1. The maximum atomic E-state index is 14.0. The van der Waals surface area contributed by atoms with Crippen molar-refractivity contribution in [3.63, 3.8) is 0 Å². The van der Waals surface area contributed by atoms with E-state index in [1.54, 1.807) is 4.68 Å². The van der Waals surface area contributed by atoms with Crippen molar-refractivity contribution in [2.75, 3.05) is 0 Å². The Balaban J connectivity index is 1.97. The van der Waals surface area contributed by atoms with Crippen LogP contribution in [0.2, 0.25) is 0 Å². The smallest absolute Gasteiger partial charge is 0.162 e. The molecular weight excluding hydrogens is 229 g/mol. The lowest BCUT2D eigenvalue weighted by Gasteiger charge is -2.11. The summed E-state index contributed by atoms with van der Waals surface area (Å²) >= 11 is 0. The molecule has 0 N–H and O–H groups in total. The van der Waals surface area contributed by atoms with Gasteiger partial charge >= 0.3 is 0 Å². The molecule has 0 bridgehead atoms. The molecule has 2 unspecified atom stereocenters. The highest BCUT2D eigenvalue weighted by atomic mass is 19.1. The van der Waals surface area contributed by atoms with Crippen LogP contribution >= 0.6 is 0 Å². The Morgan fingerprint density at radius 1 is 1.33 bits per heavy atom. The average molecular weight is 245 g/mol. The fourth-order valence-corrected chi connectivity index (χ4v) is 2.51. The van der Waals surface area contributed by atoms with Gasteiger partial charge in [-0.3, -0.25) is 0 Å². The van der Waals surface area contributed by atoms with Crippen molar-refractivity contribution < 1.29 is 4.39 Å². The minimum absolute atomic E-state index is 0.00527. The van der Waals surface area contributed by atoms with E-state index in [4.69, 9.17) is 0 Å². The van der Waals surface area contributed by atoms with Crippen molar-refractivity contribution in [2.24, 2.45) is 0 Å². The quantitative estimate of drug-likeness (QED) is 0.831. The van der Waals surface area contributed by atoms with E-state index >= 15 is 0 Å². The lowest BCUT2D eigenvalue weighted by molar-refractivity contribution is 0.328. The number of fused-ring (bicyclic) bond motifs is 1. The predicted molar refractivity (Wildman–Crippen MR) is 67.1 cm³/mol. The largest absolute Gasteiger partial charge is 0.239 e. The topological polar surface area (TPSA) is 30.7 Å². The van der Waals surface area contributed by atoms with Gasteiger partial charge in [-0.25, -0.2) is 14.1 Å². The summed E-state index contributed by atoms with van der Waals surface area (Å²) in [5, 5.41) is 4.45. The molecule has 0 aliphatic carbocycles. The Morgan fingerprint density at radius 2 is 2.11 bits per heavy atom. The van der Waals surface area contributed by atoms with Gasteiger partial charge < -0.3 is 0 Å². The molecule has 3 nitrogen and oxygen atoms in total. The summed E-state index contributed by atoms with van der Waals surface area (Å²) in [5.74, 6) is 1.25. The molecule has 2 heterocycles. The van der Waals surface area contributed by atoms with Crippen molar-refractivity contribution in [2.45, 2.75) is 38.4 Å². The van der Waals surface area contributed by atoms with Gasteiger partial charge in [0.05, 0.1) is 6.04 Å². The van der Waals surface area contributed by atoms with Gasteiger partial charge in [0.1, 0.15) is 0 Å². The fourth-order valence-electron chi connectivity index (χ4n) is 2.51. The Bertz CT molecular complexity index is 535. The van der Waals surface area contributed by atoms with Crippen molar-refractivity contribution in [1.82, 2.24) is 14.8 Å². The van der Waals surface area contributed by atoms with E-state index in [-0.39, 0.29) is 6.04 Å². The van der Waals surface area contributed by atoms with Gasteiger partial charge in [-0.15, -0.1) is 0 Å². The summed E-state index contributed by atoms with van der Waals surface area (Å²) in [6.07, 6.45) is 1.25. The molecule has 1 aliphatic rings. The number of alkyl halides is 1. The summed E-state index contributed by atoms with van der Waals surface area (Å²) in [4.78, 5) is 4.31. The van der Waals surface area contributed by atoms with Gasteiger partial charge in [0.2, 0.25) is 0 Å². The first-order valence-corrected chi connectivity index (χ1v) is 6.44. The fraction of sp³-hybridized carbons (Fsp3) is 0.429.